The SMILES string of the molecule is CCCNCC1COC2(CCC(C(C)(C)C)CC2)O1. The van der Waals surface area contributed by atoms with Gasteiger partial charge < -0.3 is 14.8 Å². The Labute approximate surface area is 118 Å². The first kappa shape index (κ1) is 15.3. The van der Waals surface area contributed by atoms with Crippen molar-refractivity contribution in [3.8, 4) is 0 Å². The third-order valence-corrected chi connectivity index (χ3v) is 4.68. The van der Waals surface area contributed by atoms with E-state index in [1.807, 2.05) is 0 Å². The third kappa shape index (κ3) is 3.93. The Balaban J connectivity index is 1.77. The first-order chi connectivity index (χ1) is 8.95. The van der Waals surface area contributed by atoms with Crippen molar-refractivity contribution in [2.75, 3.05) is 19.7 Å². The molecule has 3 nitrogen and oxygen atoms in total. The van der Waals surface area contributed by atoms with Gasteiger partial charge in [-0.2, -0.15) is 0 Å². The van der Waals surface area contributed by atoms with Crippen LogP contribution in [0.1, 0.15) is 59.8 Å². The van der Waals surface area contributed by atoms with Gasteiger partial charge in [0, 0.05) is 19.4 Å². The van der Waals surface area contributed by atoms with Crippen molar-refractivity contribution in [1.82, 2.24) is 5.32 Å². The summed E-state index contributed by atoms with van der Waals surface area (Å²) >= 11 is 0. The topological polar surface area (TPSA) is 30.5 Å². The largest absolute Gasteiger partial charge is 0.347 e. The van der Waals surface area contributed by atoms with Crippen molar-refractivity contribution in [2.45, 2.75) is 71.7 Å². The van der Waals surface area contributed by atoms with Gasteiger partial charge in [0.1, 0.15) is 0 Å². The monoisotopic (exact) mass is 269 g/mol. The highest BCUT2D eigenvalue weighted by molar-refractivity contribution is 4.89. The van der Waals surface area contributed by atoms with Crippen LogP contribution < -0.4 is 5.32 Å². The number of rotatable bonds is 4. The van der Waals surface area contributed by atoms with Gasteiger partial charge in [0.15, 0.2) is 5.79 Å². The molecule has 1 saturated heterocycles. The standard InChI is InChI=1S/C16H31NO2/c1-5-10-17-11-14-12-18-16(19-14)8-6-13(7-9-16)15(2,3)4/h13-14,17H,5-12H2,1-4H3. The van der Waals surface area contributed by atoms with Crippen LogP contribution >= 0.6 is 0 Å². The minimum absolute atomic E-state index is 0.248. The highest BCUT2D eigenvalue weighted by Crippen LogP contribution is 2.45. The summed E-state index contributed by atoms with van der Waals surface area (Å²) in [7, 11) is 0. The molecule has 1 saturated carbocycles. The van der Waals surface area contributed by atoms with Gasteiger partial charge in [0.25, 0.3) is 0 Å². The fourth-order valence-electron chi connectivity index (χ4n) is 3.34. The van der Waals surface area contributed by atoms with E-state index in [1.165, 1.54) is 19.3 Å². The normalized spacial score (nSPS) is 36.0. The Kier molecular flexibility index (Phi) is 4.91. The lowest BCUT2D eigenvalue weighted by Crippen LogP contribution is -2.39. The van der Waals surface area contributed by atoms with Crippen molar-refractivity contribution in [3.63, 3.8) is 0 Å². The van der Waals surface area contributed by atoms with E-state index < -0.39 is 0 Å². The molecule has 0 amide bonds. The lowest BCUT2D eigenvalue weighted by molar-refractivity contribution is -0.196. The smallest absolute Gasteiger partial charge is 0.168 e. The maximum absolute atomic E-state index is 6.21. The van der Waals surface area contributed by atoms with E-state index in [1.54, 1.807) is 0 Å². The minimum Gasteiger partial charge on any atom is -0.347 e. The average Bonchev–Trinajstić information content (AvgIpc) is 2.72. The number of hydrogen-bond acceptors (Lipinski definition) is 3. The van der Waals surface area contributed by atoms with Crippen molar-refractivity contribution in [2.24, 2.45) is 11.3 Å². The molecule has 1 atom stereocenters. The summed E-state index contributed by atoms with van der Waals surface area (Å²) in [5.74, 6) is 0.558. The molecule has 1 N–H and O–H groups in total. The summed E-state index contributed by atoms with van der Waals surface area (Å²) in [5.41, 5.74) is 0.419. The summed E-state index contributed by atoms with van der Waals surface area (Å²) in [6.45, 7) is 12.0. The molecule has 1 aliphatic carbocycles. The van der Waals surface area contributed by atoms with E-state index in [-0.39, 0.29) is 11.9 Å². The molecule has 1 heterocycles. The molecule has 19 heavy (non-hydrogen) atoms. The van der Waals surface area contributed by atoms with Crippen LogP contribution in [-0.2, 0) is 9.47 Å². The van der Waals surface area contributed by atoms with E-state index in [4.69, 9.17) is 9.47 Å². The van der Waals surface area contributed by atoms with Crippen LogP contribution in [-0.4, -0.2) is 31.6 Å². The van der Waals surface area contributed by atoms with Gasteiger partial charge in [-0.3, -0.25) is 0 Å². The molecule has 112 valence electrons. The van der Waals surface area contributed by atoms with Gasteiger partial charge in [-0.05, 0) is 37.1 Å². The van der Waals surface area contributed by atoms with E-state index in [9.17, 15) is 0 Å². The predicted octanol–water partition coefficient (Wildman–Crippen LogP) is 3.33. The molecular formula is C16H31NO2. The molecule has 3 heteroatoms. The molecular weight excluding hydrogens is 238 g/mol. The van der Waals surface area contributed by atoms with Crippen LogP contribution in [0, 0.1) is 11.3 Å². The molecule has 2 rings (SSSR count). The van der Waals surface area contributed by atoms with Gasteiger partial charge in [0.05, 0.1) is 12.7 Å². The van der Waals surface area contributed by atoms with Crippen LogP contribution in [0.4, 0.5) is 0 Å². The highest BCUT2D eigenvalue weighted by atomic mass is 16.7. The zero-order chi connectivity index (χ0) is 13.9. The zero-order valence-corrected chi connectivity index (χ0v) is 13.1. The Morgan fingerprint density at radius 1 is 1.21 bits per heavy atom. The highest BCUT2D eigenvalue weighted by Gasteiger charge is 2.45. The van der Waals surface area contributed by atoms with Crippen LogP contribution in [0.2, 0.25) is 0 Å². The van der Waals surface area contributed by atoms with Gasteiger partial charge in [-0.15, -0.1) is 0 Å². The van der Waals surface area contributed by atoms with Gasteiger partial charge >= 0.3 is 0 Å². The first-order valence-electron chi connectivity index (χ1n) is 7.98. The quantitative estimate of drug-likeness (QED) is 0.794. The Morgan fingerprint density at radius 3 is 2.47 bits per heavy atom. The van der Waals surface area contributed by atoms with Crippen molar-refractivity contribution in [3.05, 3.63) is 0 Å². The molecule has 0 aromatic heterocycles. The molecule has 0 bridgehead atoms. The molecule has 0 aromatic carbocycles. The van der Waals surface area contributed by atoms with E-state index >= 15 is 0 Å². The van der Waals surface area contributed by atoms with Crippen LogP contribution in [0.3, 0.4) is 0 Å². The molecule has 1 spiro atoms. The molecule has 1 aliphatic heterocycles. The van der Waals surface area contributed by atoms with E-state index in [0.29, 0.717) is 5.41 Å². The second-order valence-corrected chi connectivity index (χ2v) is 7.31. The Morgan fingerprint density at radius 2 is 1.89 bits per heavy atom. The molecule has 0 aromatic rings. The predicted molar refractivity (Wildman–Crippen MR) is 78.1 cm³/mol. The van der Waals surface area contributed by atoms with Crippen molar-refractivity contribution in [1.29, 1.82) is 0 Å². The average molecular weight is 269 g/mol. The van der Waals surface area contributed by atoms with Gasteiger partial charge in [-0.25, -0.2) is 0 Å². The first-order valence-corrected chi connectivity index (χ1v) is 7.98. The Hall–Kier alpha value is -0.120. The molecule has 1 unspecified atom stereocenters. The van der Waals surface area contributed by atoms with Crippen LogP contribution in [0.15, 0.2) is 0 Å². The lowest BCUT2D eigenvalue weighted by Gasteiger charge is -2.41. The van der Waals surface area contributed by atoms with Gasteiger partial charge in [0.2, 0.25) is 0 Å². The van der Waals surface area contributed by atoms with Crippen molar-refractivity contribution >= 4 is 0 Å². The summed E-state index contributed by atoms with van der Waals surface area (Å²) in [5, 5.41) is 3.43. The molecule has 2 aliphatic rings. The number of ether oxygens (including phenoxy) is 2. The lowest BCUT2D eigenvalue weighted by atomic mass is 9.71. The molecule has 2 fully saturated rings. The number of nitrogens with one attached hydrogen (secondary N) is 1. The van der Waals surface area contributed by atoms with E-state index in [2.05, 4.69) is 33.0 Å². The summed E-state index contributed by atoms with van der Waals surface area (Å²) in [6, 6.07) is 0. The number of hydrogen-bond donors (Lipinski definition) is 1. The van der Waals surface area contributed by atoms with Crippen molar-refractivity contribution < 1.29 is 9.47 Å². The second kappa shape index (κ2) is 6.11. The fourth-order valence-corrected chi connectivity index (χ4v) is 3.34. The maximum atomic E-state index is 6.21. The van der Waals surface area contributed by atoms with Crippen LogP contribution in [0.25, 0.3) is 0 Å². The Bertz CT molecular complexity index is 277. The minimum atomic E-state index is -0.250. The van der Waals surface area contributed by atoms with Crippen LogP contribution in [0.5, 0.6) is 0 Å². The summed E-state index contributed by atoms with van der Waals surface area (Å²) < 4.78 is 12.2. The second-order valence-electron chi connectivity index (χ2n) is 7.31. The summed E-state index contributed by atoms with van der Waals surface area (Å²) in [6.07, 6.45) is 6.03. The maximum Gasteiger partial charge on any atom is 0.168 e. The molecule has 0 radical (unpaired) electrons. The summed E-state index contributed by atoms with van der Waals surface area (Å²) in [4.78, 5) is 0. The fraction of sp³-hybridized carbons (Fsp3) is 1.00. The third-order valence-electron chi connectivity index (χ3n) is 4.68. The van der Waals surface area contributed by atoms with Gasteiger partial charge in [-0.1, -0.05) is 27.7 Å². The van der Waals surface area contributed by atoms with E-state index in [0.717, 1.165) is 38.5 Å². The zero-order valence-electron chi connectivity index (χ0n) is 13.1.